The van der Waals surface area contributed by atoms with E-state index >= 15 is 0 Å². The van der Waals surface area contributed by atoms with Crippen molar-refractivity contribution in [2.24, 2.45) is 0 Å². The van der Waals surface area contributed by atoms with Gasteiger partial charge in [-0.1, -0.05) is 49.3 Å². The summed E-state index contributed by atoms with van der Waals surface area (Å²) < 4.78 is 11.6. The molecule has 0 aliphatic heterocycles. The topological polar surface area (TPSA) is 18.5 Å². The van der Waals surface area contributed by atoms with Crippen LogP contribution in [0.4, 0.5) is 0 Å². The fourth-order valence-corrected chi connectivity index (χ4v) is 1.96. The average molecular weight is 250 g/mol. The first-order chi connectivity index (χ1) is 8.86. The van der Waals surface area contributed by atoms with Gasteiger partial charge in [-0.2, -0.15) is 0 Å². The highest BCUT2D eigenvalue weighted by molar-refractivity contribution is 4.97. The standard InChI is InChI=1S/C16H26O2/c1-3-5-13-17-15-9-7-8-10-16(12-11-15)18-14-6-4-2/h3-6,11-12,15-16H,7-10,13-14H2,1-2H3/b5-3+,6-4+,12-11?/t15-,16+. The van der Waals surface area contributed by atoms with Crippen molar-refractivity contribution in [2.45, 2.75) is 51.7 Å². The summed E-state index contributed by atoms with van der Waals surface area (Å²) in [5.41, 5.74) is 0. The third-order valence-corrected chi connectivity index (χ3v) is 3.05. The van der Waals surface area contributed by atoms with Crippen molar-refractivity contribution in [1.82, 2.24) is 0 Å². The van der Waals surface area contributed by atoms with E-state index in [0.717, 1.165) is 12.8 Å². The molecule has 2 heteroatoms. The van der Waals surface area contributed by atoms with Crippen LogP contribution in [0.2, 0.25) is 0 Å². The van der Waals surface area contributed by atoms with Crippen LogP contribution in [-0.2, 0) is 9.47 Å². The van der Waals surface area contributed by atoms with E-state index < -0.39 is 0 Å². The monoisotopic (exact) mass is 250 g/mol. The van der Waals surface area contributed by atoms with Crippen molar-refractivity contribution in [3.8, 4) is 0 Å². The van der Waals surface area contributed by atoms with E-state index in [1.165, 1.54) is 12.8 Å². The molecule has 0 N–H and O–H groups in total. The Kier molecular flexibility index (Phi) is 8.53. The minimum atomic E-state index is 0.245. The molecule has 102 valence electrons. The molecule has 2 atom stereocenters. The predicted octanol–water partition coefficient (Wildman–Crippen LogP) is 4.04. The van der Waals surface area contributed by atoms with Crippen molar-refractivity contribution in [2.75, 3.05) is 13.2 Å². The van der Waals surface area contributed by atoms with Gasteiger partial charge in [-0.25, -0.2) is 0 Å². The lowest BCUT2D eigenvalue weighted by Gasteiger charge is -2.19. The summed E-state index contributed by atoms with van der Waals surface area (Å²) in [5.74, 6) is 0. The first-order valence-electron chi connectivity index (χ1n) is 7.00. The lowest BCUT2D eigenvalue weighted by molar-refractivity contribution is 0.0780. The fraction of sp³-hybridized carbons (Fsp3) is 0.625. The predicted molar refractivity (Wildman–Crippen MR) is 76.7 cm³/mol. The number of hydrogen-bond donors (Lipinski definition) is 0. The van der Waals surface area contributed by atoms with E-state index in [2.05, 4.69) is 12.2 Å². The van der Waals surface area contributed by atoms with Crippen molar-refractivity contribution >= 4 is 0 Å². The summed E-state index contributed by atoms with van der Waals surface area (Å²) in [7, 11) is 0. The van der Waals surface area contributed by atoms with Gasteiger partial charge >= 0.3 is 0 Å². The van der Waals surface area contributed by atoms with E-state index in [9.17, 15) is 0 Å². The van der Waals surface area contributed by atoms with Crippen LogP contribution in [0, 0.1) is 0 Å². The zero-order chi connectivity index (χ0) is 13.1. The third kappa shape index (κ3) is 6.77. The summed E-state index contributed by atoms with van der Waals surface area (Å²) in [5, 5.41) is 0. The molecule has 0 amide bonds. The van der Waals surface area contributed by atoms with Gasteiger partial charge in [0, 0.05) is 0 Å². The summed E-state index contributed by atoms with van der Waals surface area (Å²) >= 11 is 0. The van der Waals surface area contributed by atoms with E-state index in [1.807, 2.05) is 38.2 Å². The number of ether oxygens (including phenoxy) is 2. The molecule has 0 unspecified atom stereocenters. The van der Waals surface area contributed by atoms with Gasteiger partial charge in [0.05, 0.1) is 25.4 Å². The smallest absolute Gasteiger partial charge is 0.0761 e. The molecular weight excluding hydrogens is 224 g/mol. The van der Waals surface area contributed by atoms with Crippen LogP contribution in [0.1, 0.15) is 39.5 Å². The van der Waals surface area contributed by atoms with Crippen LogP contribution in [0.3, 0.4) is 0 Å². The Morgan fingerprint density at radius 3 is 1.72 bits per heavy atom. The Bertz CT molecular complexity index is 251. The van der Waals surface area contributed by atoms with E-state index in [0.29, 0.717) is 13.2 Å². The summed E-state index contributed by atoms with van der Waals surface area (Å²) in [4.78, 5) is 0. The highest BCUT2D eigenvalue weighted by atomic mass is 16.5. The molecule has 1 aliphatic rings. The molecule has 1 aliphatic carbocycles. The van der Waals surface area contributed by atoms with Crippen LogP contribution in [0.15, 0.2) is 36.5 Å². The second-order valence-corrected chi connectivity index (χ2v) is 4.55. The van der Waals surface area contributed by atoms with Crippen molar-refractivity contribution in [1.29, 1.82) is 0 Å². The molecule has 0 bridgehead atoms. The van der Waals surface area contributed by atoms with Gasteiger partial charge < -0.3 is 9.47 Å². The maximum atomic E-state index is 5.79. The summed E-state index contributed by atoms with van der Waals surface area (Å²) in [6.07, 6.45) is 17.6. The number of hydrogen-bond acceptors (Lipinski definition) is 2. The average Bonchev–Trinajstić information content (AvgIpc) is 2.35. The van der Waals surface area contributed by atoms with Crippen LogP contribution in [-0.4, -0.2) is 25.4 Å². The second-order valence-electron chi connectivity index (χ2n) is 4.55. The molecule has 0 aromatic carbocycles. The normalized spacial score (nSPS) is 25.7. The zero-order valence-corrected chi connectivity index (χ0v) is 11.7. The minimum Gasteiger partial charge on any atom is -0.370 e. The van der Waals surface area contributed by atoms with E-state index in [4.69, 9.17) is 9.47 Å². The Morgan fingerprint density at radius 2 is 1.33 bits per heavy atom. The van der Waals surface area contributed by atoms with Gasteiger partial charge in [0.25, 0.3) is 0 Å². The molecular formula is C16H26O2. The SMILES string of the molecule is C/C=C/CO[C@@H]1C=C[C@H](OC/C=C/C)CCCC1. The zero-order valence-electron chi connectivity index (χ0n) is 11.7. The third-order valence-electron chi connectivity index (χ3n) is 3.05. The molecule has 0 spiro atoms. The van der Waals surface area contributed by atoms with Crippen molar-refractivity contribution < 1.29 is 9.47 Å². The quantitative estimate of drug-likeness (QED) is 0.662. The van der Waals surface area contributed by atoms with Gasteiger partial charge in [0.1, 0.15) is 0 Å². The molecule has 0 aromatic heterocycles. The molecule has 2 nitrogen and oxygen atoms in total. The van der Waals surface area contributed by atoms with E-state index in [-0.39, 0.29) is 12.2 Å². The van der Waals surface area contributed by atoms with Gasteiger partial charge in [-0.3, -0.25) is 0 Å². The Hall–Kier alpha value is -0.860. The molecule has 1 rings (SSSR count). The second kappa shape index (κ2) is 10.1. The first-order valence-corrected chi connectivity index (χ1v) is 7.00. The van der Waals surface area contributed by atoms with Crippen molar-refractivity contribution in [3.05, 3.63) is 36.5 Å². The molecule has 0 aromatic rings. The molecule has 18 heavy (non-hydrogen) atoms. The number of allylic oxidation sites excluding steroid dienone is 2. The van der Waals surface area contributed by atoms with Gasteiger partial charge in [-0.05, 0) is 26.7 Å². The van der Waals surface area contributed by atoms with Gasteiger partial charge in [0.2, 0.25) is 0 Å². The highest BCUT2D eigenvalue weighted by Gasteiger charge is 2.12. The summed E-state index contributed by atoms with van der Waals surface area (Å²) in [6, 6.07) is 0. The maximum absolute atomic E-state index is 5.79. The van der Waals surface area contributed by atoms with Crippen LogP contribution >= 0.6 is 0 Å². The van der Waals surface area contributed by atoms with Crippen LogP contribution < -0.4 is 0 Å². The lowest BCUT2D eigenvalue weighted by atomic mass is 10.0. The van der Waals surface area contributed by atoms with Crippen molar-refractivity contribution in [3.63, 3.8) is 0 Å². The minimum absolute atomic E-state index is 0.245. The maximum Gasteiger partial charge on any atom is 0.0761 e. The first kappa shape index (κ1) is 15.2. The van der Waals surface area contributed by atoms with E-state index in [1.54, 1.807) is 0 Å². The molecule has 0 saturated heterocycles. The molecule has 0 heterocycles. The van der Waals surface area contributed by atoms with Gasteiger partial charge in [0.15, 0.2) is 0 Å². The van der Waals surface area contributed by atoms with Gasteiger partial charge in [-0.15, -0.1) is 0 Å². The fourth-order valence-electron chi connectivity index (χ4n) is 1.96. The highest BCUT2D eigenvalue weighted by Crippen LogP contribution is 2.16. The number of rotatable bonds is 6. The Balaban J connectivity index is 2.38. The molecule has 0 radical (unpaired) electrons. The summed E-state index contributed by atoms with van der Waals surface area (Å²) in [6.45, 7) is 5.44. The lowest BCUT2D eigenvalue weighted by Crippen LogP contribution is -2.17. The van der Waals surface area contributed by atoms with Crippen LogP contribution in [0.25, 0.3) is 0 Å². The molecule has 0 saturated carbocycles. The largest absolute Gasteiger partial charge is 0.370 e. The van der Waals surface area contributed by atoms with Crippen LogP contribution in [0.5, 0.6) is 0 Å². The Labute approximate surface area is 111 Å². The Morgan fingerprint density at radius 1 is 0.889 bits per heavy atom. The molecule has 0 fully saturated rings.